The lowest BCUT2D eigenvalue weighted by Gasteiger charge is -2.22. The fourth-order valence-electron chi connectivity index (χ4n) is 1.14. The van der Waals surface area contributed by atoms with Crippen LogP contribution < -0.4 is 4.74 Å². The molecule has 0 saturated carbocycles. The Labute approximate surface area is 86.4 Å². The Morgan fingerprint density at radius 2 is 1.86 bits per heavy atom. The molecule has 0 radical (unpaired) electrons. The minimum absolute atomic E-state index is 0.298. The molecule has 0 heterocycles. The van der Waals surface area contributed by atoms with Gasteiger partial charge in [-0.05, 0) is 44.0 Å². The van der Waals surface area contributed by atoms with E-state index in [9.17, 15) is 0 Å². The van der Waals surface area contributed by atoms with Crippen LogP contribution in [0, 0.1) is 0 Å². The second kappa shape index (κ2) is 4.32. The van der Waals surface area contributed by atoms with Gasteiger partial charge in [-0.25, -0.2) is 0 Å². The highest BCUT2D eigenvalue weighted by Crippen LogP contribution is 2.19. The van der Waals surface area contributed by atoms with Crippen LogP contribution in [0.15, 0.2) is 36.9 Å². The molecule has 0 aromatic heterocycles. The van der Waals surface area contributed by atoms with E-state index in [4.69, 9.17) is 4.74 Å². The van der Waals surface area contributed by atoms with E-state index in [2.05, 4.69) is 25.6 Å². The van der Waals surface area contributed by atoms with E-state index in [1.165, 1.54) is 5.56 Å². The molecule has 0 atom stereocenters. The average molecular weight is 190 g/mol. The van der Waals surface area contributed by atoms with Gasteiger partial charge in [0.1, 0.15) is 11.4 Å². The molecule has 0 spiro atoms. The van der Waals surface area contributed by atoms with E-state index in [0.29, 0.717) is 0 Å². The van der Waals surface area contributed by atoms with Gasteiger partial charge in [0.15, 0.2) is 0 Å². The third-order valence-corrected chi connectivity index (χ3v) is 2.20. The Bertz CT molecular complexity index is 296. The lowest BCUT2D eigenvalue weighted by molar-refractivity contribution is 0.162. The predicted octanol–water partition coefficient (Wildman–Crippen LogP) is 3.59. The van der Waals surface area contributed by atoms with Gasteiger partial charge in [0.2, 0.25) is 0 Å². The molecular weight excluding hydrogens is 172 g/mol. The Morgan fingerprint density at radius 1 is 1.29 bits per heavy atom. The summed E-state index contributed by atoms with van der Waals surface area (Å²) in [6.07, 6.45) is 2.87. The van der Waals surface area contributed by atoms with Crippen molar-refractivity contribution in [3.63, 3.8) is 0 Å². The van der Waals surface area contributed by atoms with Crippen LogP contribution in [0.5, 0.6) is 5.75 Å². The molecule has 1 aromatic carbocycles. The van der Waals surface area contributed by atoms with Crippen molar-refractivity contribution in [2.75, 3.05) is 0 Å². The third-order valence-electron chi connectivity index (χ3n) is 2.20. The molecule has 1 nitrogen and oxygen atoms in total. The topological polar surface area (TPSA) is 9.23 Å². The number of ether oxygens (including phenoxy) is 1. The first-order valence-corrected chi connectivity index (χ1v) is 4.99. The van der Waals surface area contributed by atoms with Crippen molar-refractivity contribution in [1.29, 1.82) is 0 Å². The standard InChI is InChI=1S/C13H18O/c1-5-11-7-9-12(10-8-11)14-13(3,4)6-2/h6-10H,2,5H2,1,3-4H3. The van der Waals surface area contributed by atoms with Crippen molar-refractivity contribution < 1.29 is 4.74 Å². The van der Waals surface area contributed by atoms with Crippen molar-refractivity contribution in [1.82, 2.24) is 0 Å². The van der Waals surface area contributed by atoms with Crippen molar-refractivity contribution in [3.05, 3.63) is 42.5 Å². The smallest absolute Gasteiger partial charge is 0.121 e. The fourth-order valence-corrected chi connectivity index (χ4v) is 1.14. The van der Waals surface area contributed by atoms with Crippen LogP contribution in [0.3, 0.4) is 0 Å². The molecule has 0 unspecified atom stereocenters. The van der Waals surface area contributed by atoms with Gasteiger partial charge in [-0.3, -0.25) is 0 Å². The number of benzene rings is 1. The second-order valence-electron chi connectivity index (χ2n) is 3.91. The zero-order valence-electron chi connectivity index (χ0n) is 9.21. The maximum absolute atomic E-state index is 5.73. The van der Waals surface area contributed by atoms with Crippen LogP contribution >= 0.6 is 0 Å². The largest absolute Gasteiger partial charge is 0.484 e. The summed E-state index contributed by atoms with van der Waals surface area (Å²) >= 11 is 0. The van der Waals surface area contributed by atoms with Crippen molar-refractivity contribution in [2.45, 2.75) is 32.8 Å². The van der Waals surface area contributed by atoms with Crippen LogP contribution in [-0.4, -0.2) is 5.60 Å². The fraction of sp³-hybridized carbons (Fsp3) is 0.385. The highest BCUT2D eigenvalue weighted by molar-refractivity contribution is 5.28. The van der Waals surface area contributed by atoms with Gasteiger partial charge < -0.3 is 4.74 Å². The van der Waals surface area contributed by atoms with E-state index in [0.717, 1.165) is 12.2 Å². The molecule has 0 aliphatic rings. The summed E-state index contributed by atoms with van der Waals surface area (Å²) in [5.41, 5.74) is 1.03. The van der Waals surface area contributed by atoms with Gasteiger partial charge in [0, 0.05) is 0 Å². The summed E-state index contributed by atoms with van der Waals surface area (Å²) in [5.74, 6) is 0.895. The molecule has 0 saturated heterocycles. The zero-order chi connectivity index (χ0) is 10.6. The van der Waals surface area contributed by atoms with E-state index in [1.807, 2.05) is 26.0 Å². The summed E-state index contributed by atoms with van der Waals surface area (Å²) in [7, 11) is 0. The maximum atomic E-state index is 5.73. The molecule has 14 heavy (non-hydrogen) atoms. The van der Waals surface area contributed by atoms with Gasteiger partial charge in [-0.15, -0.1) is 0 Å². The third kappa shape index (κ3) is 2.91. The van der Waals surface area contributed by atoms with Crippen molar-refractivity contribution in [3.8, 4) is 5.75 Å². The van der Waals surface area contributed by atoms with Gasteiger partial charge in [0.25, 0.3) is 0 Å². The molecule has 0 N–H and O–H groups in total. The van der Waals surface area contributed by atoms with Gasteiger partial charge in [-0.2, -0.15) is 0 Å². The lowest BCUT2D eigenvalue weighted by Crippen LogP contribution is -2.24. The van der Waals surface area contributed by atoms with Crippen LogP contribution in [0.1, 0.15) is 26.3 Å². The van der Waals surface area contributed by atoms with E-state index in [-0.39, 0.29) is 5.60 Å². The summed E-state index contributed by atoms with van der Waals surface area (Å²) < 4.78 is 5.73. The van der Waals surface area contributed by atoms with Gasteiger partial charge in [0.05, 0.1) is 0 Å². The quantitative estimate of drug-likeness (QED) is 0.659. The highest BCUT2D eigenvalue weighted by Gasteiger charge is 2.13. The molecular formula is C13H18O. The SMILES string of the molecule is C=CC(C)(C)Oc1ccc(CC)cc1. The number of hydrogen-bond acceptors (Lipinski definition) is 1. The first-order chi connectivity index (χ1) is 6.57. The monoisotopic (exact) mass is 190 g/mol. The zero-order valence-corrected chi connectivity index (χ0v) is 9.21. The van der Waals surface area contributed by atoms with Gasteiger partial charge >= 0.3 is 0 Å². The molecule has 1 heteroatoms. The summed E-state index contributed by atoms with van der Waals surface area (Å²) in [6.45, 7) is 9.87. The molecule has 1 rings (SSSR count). The lowest BCUT2D eigenvalue weighted by atomic mass is 10.1. The molecule has 76 valence electrons. The highest BCUT2D eigenvalue weighted by atomic mass is 16.5. The molecule has 0 aliphatic heterocycles. The second-order valence-corrected chi connectivity index (χ2v) is 3.91. The normalized spacial score (nSPS) is 11.1. The Hall–Kier alpha value is -1.24. The van der Waals surface area contributed by atoms with Crippen LogP contribution in [0.25, 0.3) is 0 Å². The molecule has 0 bridgehead atoms. The number of aryl methyl sites for hydroxylation is 1. The molecule has 1 aromatic rings. The number of hydrogen-bond donors (Lipinski definition) is 0. The van der Waals surface area contributed by atoms with Gasteiger partial charge in [-0.1, -0.05) is 25.6 Å². The van der Waals surface area contributed by atoms with E-state index >= 15 is 0 Å². The van der Waals surface area contributed by atoms with E-state index in [1.54, 1.807) is 6.08 Å². The van der Waals surface area contributed by atoms with Crippen LogP contribution in [0.4, 0.5) is 0 Å². The van der Waals surface area contributed by atoms with Crippen molar-refractivity contribution >= 4 is 0 Å². The summed E-state index contributed by atoms with van der Waals surface area (Å²) in [4.78, 5) is 0. The minimum Gasteiger partial charge on any atom is -0.484 e. The molecule has 0 aliphatic carbocycles. The Kier molecular flexibility index (Phi) is 3.34. The average Bonchev–Trinajstić information content (AvgIpc) is 2.19. The Balaban J connectivity index is 2.73. The first-order valence-electron chi connectivity index (χ1n) is 4.99. The molecule has 0 amide bonds. The first kappa shape index (κ1) is 10.8. The minimum atomic E-state index is -0.298. The van der Waals surface area contributed by atoms with Crippen molar-refractivity contribution in [2.24, 2.45) is 0 Å². The Morgan fingerprint density at radius 3 is 2.29 bits per heavy atom. The summed E-state index contributed by atoms with van der Waals surface area (Å²) in [6, 6.07) is 8.19. The predicted molar refractivity (Wildman–Crippen MR) is 60.7 cm³/mol. The molecule has 0 fully saturated rings. The van der Waals surface area contributed by atoms with Crippen LogP contribution in [0.2, 0.25) is 0 Å². The maximum Gasteiger partial charge on any atom is 0.121 e. The summed E-state index contributed by atoms with van der Waals surface area (Å²) in [5, 5.41) is 0. The van der Waals surface area contributed by atoms with E-state index < -0.39 is 0 Å². The number of rotatable bonds is 4. The van der Waals surface area contributed by atoms with Crippen LogP contribution in [-0.2, 0) is 6.42 Å².